The minimum Gasteiger partial charge on any atom is -0.347 e. The van der Waals surface area contributed by atoms with Crippen LogP contribution in [0.15, 0.2) is 36.7 Å². The molecule has 3 aromatic rings. The van der Waals surface area contributed by atoms with Crippen LogP contribution in [0.2, 0.25) is 5.02 Å². The molecule has 0 aliphatic carbocycles. The second kappa shape index (κ2) is 8.74. The van der Waals surface area contributed by atoms with Crippen molar-refractivity contribution < 1.29 is 0 Å². The third kappa shape index (κ3) is 4.35. The number of likely N-dealkylation sites (tertiary alicyclic amines) is 1. The number of hydrogen-bond acceptors (Lipinski definition) is 5. The van der Waals surface area contributed by atoms with Crippen LogP contribution in [0, 0.1) is 6.92 Å². The van der Waals surface area contributed by atoms with Crippen molar-refractivity contribution >= 4 is 17.5 Å². The minimum atomic E-state index is 0.353. The fourth-order valence-corrected chi connectivity index (χ4v) is 4.34. The minimum absolute atomic E-state index is 0.353. The molecule has 1 fully saturated rings. The average molecular weight is 425 g/mol. The molecule has 0 unspecified atom stereocenters. The van der Waals surface area contributed by atoms with E-state index in [9.17, 15) is 0 Å². The molecule has 1 saturated heterocycles. The van der Waals surface area contributed by atoms with E-state index in [0.29, 0.717) is 5.92 Å². The summed E-state index contributed by atoms with van der Waals surface area (Å²) < 4.78 is 1.95. The van der Waals surface area contributed by atoms with Crippen LogP contribution in [0.25, 0.3) is 11.1 Å². The van der Waals surface area contributed by atoms with E-state index in [-0.39, 0.29) is 0 Å². The second-order valence-electron chi connectivity index (χ2n) is 8.33. The van der Waals surface area contributed by atoms with Crippen molar-refractivity contribution in [2.45, 2.75) is 32.2 Å². The zero-order chi connectivity index (χ0) is 21.3. The molecular weight excluding hydrogens is 396 g/mol. The van der Waals surface area contributed by atoms with Gasteiger partial charge in [-0.25, -0.2) is 9.97 Å². The molecule has 7 heteroatoms. The summed E-state index contributed by atoms with van der Waals surface area (Å²) in [5.74, 6) is 1.10. The largest absolute Gasteiger partial charge is 0.347 e. The summed E-state index contributed by atoms with van der Waals surface area (Å²) in [6.07, 6.45) is 6.22. The van der Waals surface area contributed by atoms with Crippen LogP contribution in [-0.4, -0.2) is 51.8 Å². The zero-order valence-corrected chi connectivity index (χ0v) is 18.9. The van der Waals surface area contributed by atoms with E-state index in [0.717, 1.165) is 60.3 Å². The van der Waals surface area contributed by atoms with Crippen molar-refractivity contribution in [2.24, 2.45) is 7.05 Å². The van der Waals surface area contributed by atoms with Gasteiger partial charge in [0.1, 0.15) is 0 Å². The molecule has 0 amide bonds. The van der Waals surface area contributed by atoms with E-state index >= 15 is 0 Å². The molecule has 0 spiro atoms. The van der Waals surface area contributed by atoms with E-state index < -0.39 is 0 Å². The third-order valence-electron chi connectivity index (χ3n) is 5.96. The van der Waals surface area contributed by atoms with Crippen molar-refractivity contribution in [3.8, 4) is 11.1 Å². The second-order valence-corrected chi connectivity index (χ2v) is 8.76. The van der Waals surface area contributed by atoms with Crippen LogP contribution in [0.1, 0.15) is 35.7 Å². The quantitative estimate of drug-likeness (QED) is 0.611. The summed E-state index contributed by atoms with van der Waals surface area (Å²) in [5, 5.41) is 5.13. The molecule has 158 valence electrons. The van der Waals surface area contributed by atoms with E-state index in [4.69, 9.17) is 16.6 Å². The summed E-state index contributed by atoms with van der Waals surface area (Å²) >= 11 is 6.28. The molecule has 4 rings (SSSR count). The van der Waals surface area contributed by atoms with Crippen LogP contribution in [0.5, 0.6) is 0 Å². The lowest BCUT2D eigenvalue weighted by atomic mass is 9.89. The summed E-state index contributed by atoms with van der Waals surface area (Å²) in [6, 6.07) is 7.97. The van der Waals surface area contributed by atoms with Gasteiger partial charge >= 0.3 is 0 Å². The number of aromatic nitrogens is 4. The lowest BCUT2D eigenvalue weighted by Crippen LogP contribution is -2.34. The third-order valence-corrected chi connectivity index (χ3v) is 6.20. The Kier molecular flexibility index (Phi) is 6.06. The van der Waals surface area contributed by atoms with Gasteiger partial charge in [0.15, 0.2) is 0 Å². The van der Waals surface area contributed by atoms with Crippen molar-refractivity contribution in [2.75, 3.05) is 32.1 Å². The van der Waals surface area contributed by atoms with Gasteiger partial charge < -0.3 is 4.90 Å². The molecular formula is C23H29ClN6. The number of benzene rings is 1. The van der Waals surface area contributed by atoms with Gasteiger partial charge in [0, 0.05) is 68.2 Å². The Morgan fingerprint density at radius 1 is 1.23 bits per heavy atom. The summed E-state index contributed by atoms with van der Waals surface area (Å²) in [5.41, 5.74) is 5.79. The maximum atomic E-state index is 6.28. The number of nitrogens with zero attached hydrogens (tertiary/aromatic N) is 6. The Balaban J connectivity index is 1.65. The van der Waals surface area contributed by atoms with Gasteiger partial charge in [-0.15, -0.1) is 0 Å². The van der Waals surface area contributed by atoms with Gasteiger partial charge in [0.25, 0.3) is 0 Å². The highest BCUT2D eigenvalue weighted by atomic mass is 35.5. The molecule has 0 N–H and O–H groups in total. The molecule has 6 nitrogen and oxygen atoms in total. The molecule has 3 heterocycles. The molecule has 30 heavy (non-hydrogen) atoms. The zero-order valence-electron chi connectivity index (χ0n) is 18.1. The predicted molar refractivity (Wildman–Crippen MR) is 122 cm³/mol. The Bertz CT molecular complexity index is 1030. The fourth-order valence-electron chi connectivity index (χ4n) is 4.15. The monoisotopic (exact) mass is 424 g/mol. The Labute approximate surface area is 183 Å². The van der Waals surface area contributed by atoms with Crippen molar-refractivity contribution in [3.63, 3.8) is 0 Å². The van der Waals surface area contributed by atoms with Gasteiger partial charge in [-0.2, -0.15) is 5.10 Å². The maximum absolute atomic E-state index is 6.28. The lowest BCUT2D eigenvalue weighted by Gasteiger charge is -2.33. The number of halogens is 1. The van der Waals surface area contributed by atoms with Gasteiger partial charge in [-0.1, -0.05) is 23.7 Å². The van der Waals surface area contributed by atoms with Crippen molar-refractivity contribution in [1.82, 2.24) is 24.6 Å². The van der Waals surface area contributed by atoms with Gasteiger partial charge in [-0.05, 0) is 44.0 Å². The predicted octanol–water partition coefficient (Wildman–Crippen LogP) is 4.28. The van der Waals surface area contributed by atoms with E-state index in [2.05, 4.69) is 28.0 Å². The maximum Gasteiger partial charge on any atom is 0.225 e. The van der Waals surface area contributed by atoms with Crippen LogP contribution in [0.3, 0.4) is 0 Å². The van der Waals surface area contributed by atoms with Crippen molar-refractivity contribution in [3.05, 3.63) is 58.6 Å². The summed E-state index contributed by atoms with van der Waals surface area (Å²) in [6.45, 7) is 5.14. The highest BCUT2D eigenvalue weighted by Gasteiger charge is 2.26. The standard InChI is InChI=1S/C23H29ClN6/c1-16-19(12-26-29(16)4)15-30-10-6-8-18(14-30)22-21(13-25-23(27-22)28(2)3)17-7-5-9-20(24)11-17/h5,7,9,11-13,18H,6,8,10,14-15H2,1-4H3/t18-/m1/s1. The summed E-state index contributed by atoms with van der Waals surface area (Å²) in [4.78, 5) is 14.1. The Morgan fingerprint density at radius 2 is 2.07 bits per heavy atom. The molecule has 0 radical (unpaired) electrons. The highest BCUT2D eigenvalue weighted by Crippen LogP contribution is 2.35. The van der Waals surface area contributed by atoms with Crippen LogP contribution < -0.4 is 4.90 Å². The Morgan fingerprint density at radius 3 is 2.77 bits per heavy atom. The van der Waals surface area contributed by atoms with E-state index in [1.807, 2.05) is 61.3 Å². The van der Waals surface area contributed by atoms with E-state index in [1.54, 1.807) is 0 Å². The van der Waals surface area contributed by atoms with Crippen LogP contribution in [0.4, 0.5) is 5.95 Å². The molecule has 0 bridgehead atoms. The topological polar surface area (TPSA) is 50.1 Å². The first-order valence-corrected chi connectivity index (χ1v) is 10.8. The Hall–Kier alpha value is -2.44. The highest BCUT2D eigenvalue weighted by molar-refractivity contribution is 6.30. The average Bonchev–Trinajstić information content (AvgIpc) is 3.05. The van der Waals surface area contributed by atoms with Crippen LogP contribution in [-0.2, 0) is 13.6 Å². The normalized spacial score (nSPS) is 17.3. The molecule has 1 aliphatic heterocycles. The number of piperidine rings is 1. The molecule has 0 saturated carbocycles. The lowest BCUT2D eigenvalue weighted by molar-refractivity contribution is 0.198. The van der Waals surface area contributed by atoms with Gasteiger partial charge in [-0.3, -0.25) is 9.58 Å². The fraction of sp³-hybridized carbons (Fsp3) is 0.435. The smallest absolute Gasteiger partial charge is 0.225 e. The number of anilines is 1. The van der Waals surface area contributed by atoms with E-state index in [1.165, 1.54) is 11.3 Å². The number of aryl methyl sites for hydroxylation is 1. The molecule has 1 atom stereocenters. The number of rotatable bonds is 5. The first-order chi connectivity index (χ1) is 14.4. The first kappa shape index (κ1) is 20.8. The van der Waals surface area contributed by atoms with Gasteiger partial charge in [0.2, 0.25) is 5.95 Å². The molecule has 2 aromatic heterocycles. The SMILES string of the molecule is Cc1c(CN2CCC[C@@H](c3nc(N(C)C)ncc3-c3cccc(Cl)c3)C2)cnn1C. The van der Waals surface area contributed by atoms with Gasteiger partial charge in [0.05, 0.1) is 11.9 Å². The molecule has 1 aliphatic rings. The first-order valence-electron chi connectivity index (χ1n) is 10.4. The van der Waals surface area contributed by atoms with Crippen molar-refractivity contribution in [1.29, 1.82) is 0 Å². The summed E-state index contributed by atoms with van der Waals surface area (Å²) in [7, 11) is 5.96. The number of hydrogen-bond donors (Lipinski definition) is 0. The molecule has 1 aromatic carbocycles. The van der Waals surface area contributed by atoms with Crippen LogP contribution >= 0.6 is 11.6 Å².